The average molecular weight is 329 g/mol. The van der Waals surface area contributed by atoms with Crippen molar-refractivity contribution in [3.63, 3.8) is 0 Å². The number of amides is 2. The second-order valence-corrected chi connectivity index (χ2v) is 7.21. The number of nitrogens with zero attached hydrogens (tertiary/aromatic N) is 2. The molecule has 2 amide bonds. The van der Waals surface area contributed by atoms with Crippen LogP contribution in [-0.2, 0) is 11.3 Å². The van der Waals surface area contributed by atoms with Gasteiger partial charge in [0.1, 0.15) is 0 Å². The molecular weight excluding hydrogens is 302 g/mol. The molecule has 1 aromatic rings. The second kappa shape index (κ2) is 7.11. The summed E-state index contributed by atoms with van der Waals surface area (Å²) in [5, 5.41) is 3.07. The minimum absolute atomic E-state index is 0.0667. The van der Waals surface area contributed by atoms with Crippen molar-refractivity contribution in [3.8, 4) is 0 Å². The van der Waals surface area contributed by atoms with Crippen LogP contribution in [0.2, 0.25) is 0 Å². The van der Waals surface area contributed by atoms with Gasteiger partial charge in [-0.2, -0.15) is 0 Å². The number of morpholine rings is 1. The molecule has 1 saturated carbocycles. The van der Waals surface area contributed by atoms with Crippen molar-refractivity contribution in [1.82, 2.24) is 15.1 Å². The number of hydrogen-bond donors (Lipinski definition) is 1. The lowest BCUT2D eigenvalue weighted by Crippen LogP contribution is -2.46. The quantitative estimate of drug-likeness (QED) is 0.921. The summed E-state index contributed by atoms with van der Waals surface area (Å²) in [6.45, 7) is 5.93. The Balaban J connectivity index is 1.24. The van der Waals surface area contributed by atoms with Gasteiger partial charge in [-0.15, -0.1) is 0 Å². The highest BCUT2D eigenvalue weighted by Crippen LogP contribution is 2.39. The molecule has 2 aliphatic heterocycles. The van der Waals surface area contributed by atoms with Crippen molar-refractivity contribution in [2.24, 2.45) is 0 Å². The minimum Gasteiger partial charge on any atom is -0.379 e. The standard InChI is InChI=1S/C19H27N3O2/c23-19(20-13-15-1-3-16(4-2-15)17-5-6-17)22-8-7-18(14-22)21-9-11-24-12-10-21/h1-4,17-18H,5-14H2,(H,20,23)/t18-/m1/s1. The molecule has 130 valence electrons. The van der Waals surface area contributed by atoms with Crippen LogP contribution in [0.4, 0.5) is 4.79 Å². The largest absolute Gasteiger partial charge is 0.379 e. The van der Waals surface area contributed by atoms with Gasteiger partial charge in [0, 0.05) is 38.8 Å². The van der Waals surface area contributed by atoms with Crippen LogP contribution in [0.5, 0.6) is 0 Å². The van der Waals surface area contributed by atoms with Crippen molar-refractivity contribution in [1.29, 1.82) is 0 Å². The van der Waals surface area contributed by atoms with Crippen molar-refractivity contribution < 1.29 is 9.53 Å². The number of rotatable bonds is 4. The molecule has 5 heteroatoms. The number of urea groups is 1. The Hall–Kier alpha value is -1.59. The minimum atomic E-state index is 0.0667. The second-order valence-electron chi connectivity index (χ2n) is 7.21. The summed E-state index contributed by atoms with van der Waals surface area (Å²) < 4.78 is 5.41. The fraction of sp³-hybridized carbons (Fsp3) is 0.632. The Kier molecular flexibility index (Phi) is 4.72. The molecule has 0 radical (unpaired) electrons. The van der Waals surface area contributed by atoms with E-state index in [0.717, 1.165) is 51.7 Å². The first kappa shape index (κ1) is 15.9. The van der Waals surface area contributed by atoms with Gasteiger partial charge < -0.3 is 15.0 Å². The van der Waals surface area contributed by atoms with Crippen LogP contribution in [0, 0.1) is 0 Å². The van der Waals surface area contributed by atoms with Crippen molar-refractivity contribution in [3.05, 3.63) is 35.4 Å². The summed E-state index contributed by atoms with van der Waals surface area (Å²) in [6, 6.07) is 9.28. The molecule has 0 bridgehead atoms. The van der Waals surface area contributed by atoms with E-state index < -0.39 is 0 Å². The maximum absolute atomic E-state index is 12.4. The summed E-state index contributed by atoms with van der Waals surface area (Å²) in [7, 11) is 0. The Bertz CT molecular complexity index is 564. The maximum atomic E-state index is 12.4. The van der Waals surface area contributed by atoms with Crippen LogP contribution in [0.1, 0.15) is 36.3 Å². The third-order valence-corrected chi connectivity index (χ3v) is 5.48. The van der Waals surface area contributed by atoms with Crippen LogP contribution in [0.15, 0.2) is 24.3 Å². The van der Waals surface area contributed by atoms with Gasteiger partial charge in [0.2, 0.25) is 0 Å². The van der Waals surface area contributed by atoms with Gasteiger partial charge in [-0.05, 0) is 36.3 Å². The van der Waals surface area contributed by atoms with E-state index in [4.69, 9.17) is 4.74 Å². The Morgan fingerprint density at radius 2 is 1.83 bits per heavy atom. The molecule has 5 nitrogen and oxygen atoms in total. The third kappa shape index (κ3) is 3.73. The monoisotopic (exact) mass is 329 g/mol. The highest BCUT2D eigenvalue weighted by molar-refractivity contribution is 5.74. The molecule has 1 atom stereocenters. The number of benzene rings is 1. The first-order valence-electron chi connectivity index (χ1n) is 9.23. The Morgan fingerprint density at radius 3 is 2.54 bits per heavy atom. The van der Waals surface area contributed by atoms with Gasteiger partial charge in [0.05, 0.1) is 13.2 Å². The number of hydrogen-bond acceptors (Lipinski definition) is 3. The van der Waals surface area contributed by atoms with E-state index >= 15 is 0 Å². The molecule has 1 aliphatic carbocycles. The first-order valence-corrected chi connectivity index (χ1v) is 9.23. The lowest BCUT2D eigenvalue weighted by atomic mass is 10.1. The number of ether oxygens (including phenoxy) is 1. The zero-order chi connectivity index (χ0) is 16.4. The molecule has 2 heterocycles. The van der Waals surface area contributed by atoms with E-state index in [9.17, 15) is 4.79 Å². The predicted octanol–water partition coefficient (Wildman–Crippen LogP) is 2.18. The highest BCUT2D eigenvalue weighted by Gasteiger charge is 2.31. The van der Waals surface area contributed by atoms with E-state index in [1.807, 2.05) is 4.90 Å². The lowest BCUT2D eigenvalue weighted by molar-refractivity contribution is 0.0191. The van der Waals surface area contributed by atoms with Crippen molar-refractivity contribution in [2.45, 2.75) is 37.8 Å². The van der Waals surface area contributed by atoms with Gasteiger partial charge in [0.25, 0.3) is 0 Å². The van der Waals surface area contributed by atoms with Gasteiger partial charge in [0.15, 0.2) is 0 Å². The van der Waals surface area contributed by atoms with Crippen LogP contribution >= 0.6 is 0 Å². The van der Waals surface area contributed by atoms with E-state index in [2.05, 4.69) is 34.5 Å². The fourth-order valence-corrected chi connectivity index (χ4v) is 3.78. The lowest BCUT2D eigenvalue weighted by Gasteiger charge is -2.32. The Labute approximate surface area is 144 Å². The molecule has 24 heavy (non-hydrogen) atoms. The summed E-state index contributed by atoms with van der Waals surface area (Å²) in [5.41, 5.74) is 2.62. The van der Waals surface area contributed by atoms with Crippen LogP contribution in [-0.4, -0.2) is 61.3 Å². The van der Waals surface area contributed by atoms with Crippen LogP contribution in [0.25, 0.3) is 0 Å². The smallest absolute Gasteiger partial charge is 0.317 e. The summed E-state index contributed by atoms with van der Waals surface area (Å²) in [5.74, 6) is 0.787. The molecule has 4 rings (SSSR count). The molecular formula is C19H27N3O2. The van der Waals surface area contributed by atoms with E-state index in [1.165, 1.54) is 24.0 Å². The summed E-state index contributed by atoms with van der Waals surface area (Å²) >= 11 is 0. The van der Waals surface area contributed by atoms with Gasteiger partial charge in [-0.1, -0.05) is 24.3 Å². The number of nitrogens with one attached hydrogen (secondary N) is 1. The maximum Gasteiger partial charge on any atom is 0.317 e. The summed E-state index contributed by atoms with van der Waals surface area (Å²) in [6.07, 6.45) is 3.73. The SMILES string of the molecule is O=C(NCc1ccc(C2CC2)cc1)N1CC[C@@H](N2CCOCC2)C1. The van der Waals surface area contributed by atoms with Gasteiger partial charge in [-0.3, -0.25) is 4.90 Å². The van der Waals surface area contributed by atoms with E-state index in [0.29, 0.717) is 12.6 Å². The fourth-order valence-electron chi connectivity index (χ4n) is 3.78. The molecule has 3 aliphatic rings. The molecule has 2 saturated heterocycles. The molecule has 1 aromatic carbocycles. The average Bonchev–Trinajstić information content (AvgIpc) is 3.37. The first-order chi connectivity index (χ1) is 11.8. The third-order valence-electron chi connectivity index (χ3n) is 5.48. The highest BCUT2D eigenvalue weighted by atomic mass is 16.5. The zero-order valence-corrected chi connectivity index (χ0v) is 14.2. The Morgan fingerprint density at radius 1 is 1.08 bits per heavy atom. The van der Waals surface area contributed by atoms with Gasteiger partial charge >= 0.3 is 6.03 Å². The van der Waals surface area contributed by atoms with Crippen LogP contribution < -0.4 is 5.32 Å². The van der Waals surface area contributed by atoms with E-state index in [1.54, 1.807) is 0 Å². The summed E-state index contributed by atoms with van der Waals surface area (Å²) in [4.78, 5) is 16.8. The number of likely N-dealkylation sites (tertiary alicyclic amines) is 1. The molecule has 0 unspecified atom stereocenters. The molecule has 0 aromatic heterocycles. The molecule has 3 fully saturated rings. The molecule has 1 N–H and O–H groups in total. The predicted molar refractivity (Wildman–Crippen MR) is 93.0 cm³/mol. The van der Waals surface area contributed by atoms with Crippen LogP contribution in [0.3, 0.4) is 0 Å². The van der Waals surface area contributed by atoms with E-state index in [-0.39, 0.29) is 6.03 Å². The molecule has 0 spiro atoms. The van der Waals surface area contributed by atoms with Gasteiger partial charge in [-0.25, -0.2) is 4.79 Å². The topological polar surface area (TPSA) is 44.8 Å². The van der Waals surface area contributed by atoms with Crippen molar-refractivity contribution in [2.75, 3.05) is 39.4 Å². The van der Waals surface area contributed by atoms with Crippen molar-refractivity contribution >= 4 is 6.03 Å². The number of carbonyl (C=O) groups excluding carboxylic acids is 1. The normalized spacial score (nSPS) is 25.0. The zero-order valence-electron chi connectivity index (χ0n) is 14.2. The number of carbonyl (C=O) groups is 1.